The standard InChI is InChI=1S/C28H23F3N6OS/c1-16-6-7-19(9-24(16)35-27-36-25(15-39-27)20-5-4-8-32-13-20)26(38)34-22-10-21(28(29,30)31)11-23(12-22)37-14-17(2)33-18(37)3/h4-15H,1-3H3,(H,34,38)(H,35,36). The van der Waals surface area contributed by atoms with Crippen LogP contribution in [0.3, 0.4) is 0 Å². The normalized spacial score (nSPS) is 11.4. The van der Waals surface area contributed by atoms with Crippen molar-refractivity contribution < 1.29 is 18.0 Å². The fourth-order valence-corrected chi connectivity index (χ4v) is 4.79. The van der Waals surface area contributed by atoms with Crippen LogP contribution in [0.1, 0.15) is 33.0 Å². The van der Waals surface area contributed by atoms with Gasteiger partial charge in [0.15, 0.2) is 5.13 Å². The Kier molecular flexibility index (Phi) is 6.92. The molecule has 0 aliphatic rings. The fourth-order valence-electron chi connectivity index (χ4n) is 4.06. The quantitative estimate of drug-likeness (QED) is 0.232. The summed E-state index contributed by atoms with van der Waals surface area (Å²) in [5, 5.41) is 8.39. The summed E-state index contributed by atoms with van der Waals surface area (Å²) >= 11 is 1.41. The second-order valence-electron chi connectivity index (χ2n) is 8.95. The minimum atomic E-state index is -4.59. The number of hydrogen-bond donors (Lipinski definition) is 2. The van der Waals surface area contributed by atoms with Crippen molar-refractivity contribution >= 4 is 33.8 Å². The van der Waals surface area contributed by atoms with Gasteiger partial charge in [-0.15, -0.1) is 11.3 Å². The van der Waals surface area contributed by atoms with E-state index in [1.54, 1.807) is 55.2 Å². The average Bonchev–Trinajstić information content (AvgIpc) is 3.50. The van der Waals surface area contributed by atoms with E-state index < -0.39 is 17.6 Å². The number of nitrogens with one attached hydrogen (secondary N) is 2. The number of halogens is 3. The first-order chi connectivity index (χ1) is 18.6. The maximum Gasteiger partial charge on any atom is 0.416 e. The highest BCUT2D eigenvalue weighted by Gasteiger charge is 2.32. The summed E-state index contributed by atoms with van der Waals surface area (Å²) in [5.41, 5.74) is 3.52. The Balaban J connectivity index is 1.40. The highest BCUT2D eigenvalue weighted by molar-refractivity contribution is 7.14. The molecule has 0 fully saturated rings. The first-order valence-corrected chi connectivity index (χ1v) is 12.7. The van der Waals surface area contributed by atoms with Gasteiger partial charge in [-0.3, -0.25) is 9.78 Å². The third-order valence-corrected chi connectivity index (χ3v) is 6.74. The number of benzene rings is 2. The topological polar surface area (TPSA) is 84.7 Å². The number of anilines is 3. The number of carbonyl (C=O) groups excluding carboxylic acids is 1. The van der Waals surface area contributed by atoms with Crippen molar-refractivity contribution in [2.75, 3.05) is 10.6 Å². The number of hydrogen-bond acceptors (Lipinski definition) is 6. The van der Waals surface area contributed by atoms with E-state index in [1.165, 1.54) is 17.4 Å². The van der Waals surface area contributed by atoms with Gasteiger partial charge in [0.2, 0.25) is 0 Å². The molecule has 7 nitrogen and oxygen atoms in total. The van der Waals surface area contributed by atoms with Crippen molar-refractivity contribution in [3.8, 4) is 16.9 Å². The second-order valence-corrected chi connectivity index (χ2v) is 9.81. The lowest BCUT2D eigenvalue weighted by Gasteiger charge is -2.15. The highest BCUT2D eigenvalue weighted by atomic mass is 32.1. The lowest BCUT2D eigenvalue weighted by Crippen LogP contribution is -2.14. The highest BCUT2D eigenvalue weighted by Crippen LogP contribution is 2.34. The molecular formula is C28H23F3N6OS. The molecule has 0 aliphatic heterocycles. The van der Waals surface area contributed by atoms with Crippen LogP contribution in [-0.4, -0.2) is 25.4 Å². The molecule has 0 bridgehead atoms. The molecule has 0 saturated carbocycles. The van der Waals surface area contributed by atoms with Gasteiger partial charge in [-0.1, -0.05) is 6.07 Å². The Morgan fingerprint density at radius 1 is 1.03 bits per heavy atom. The van der Waals surface area contributed by atoms with Crippen molar-refractivity contribution in [2.24, 2.45) is 0 Å². The monoisotopic (exact) mass is 548 g/mol. The van der Waals surface area contributed by atoms with Gasteiger partial charge in [0.05, 0.1) is 17.0 Å². The van der Waals surface area contributed by atoms with Gasteiger partial charge in [-0.2, -0.15) is 13.2 Å². The number of nitrogens with zero attached hydrogens (tertiary/aromatic N) is 4. The zero-order valence-corrected chi connectivity index (χ0v) is 22.0. The molecule has 5 aromatic rings. The predicted octanol–water partition coefficient (Wildman–Crippen LogP) is 7.33. The predicted molar refractivity (Wildman–Crippen MR) is 146 cm³/mol. The Labute approximate surface area is 226 Å². The molecule has 11 heteroatoms. The summed E-state index contributed by atoms with van der Waals surface area (Å²) in [4.78, 5) is 26.1. The Morgan fingerprint density at radius 2 is 1.85 bits per heavy atom. The zero-order chi connectivity index (χ0) is 27.7. The van der Waals surface area contributed by atoms with Crippen LogP contribution in [-0.2, 0) is 6.18 Å². The molecule has 0 atom stereocenters. The van der Waals surface area contributed by atoms with Gasteiger partial charge < -0.3 is 15.2 Å². The van der Waals surface area contributed by atoms with E-state index in [-0.39, 0.29) is 16.9 Å². The van der Waals surface area contributed by atoms with Crippen molar-refractivity contribution in [3.63, 3.8) is 0 Å². The molecule has 3 aromatic heterocycles. The van der Waals surface area contributed by atoms with Crippen molar-refractivity contribution in [3.05, 3.63) is 101 Å². The molecule has 2 N–H and O–H groups in total. The molecule has 0 spiro atoms. The average molecular weight is 549 g/mol. The van der Waals surface area contributed by atoms with E-state index in [1.807, 2.05) is 24.4 Å². The number of imidazole rings is 1. The van der Waals surface area contributed by atoms with Crippen molar-refractivity contribution in [1.82, 2.24) is 19.5 Å². The fraction of sp³-hybridized carbons (Fsp3) is 0.143. The molecule has 5 rings (SSSR count). The van der Waals surface area contributed by atoms with E-state index in [0.29, 0.717) is 22.3 Å². The summed E-state index contributed by atoms with van der Waals surface area (Å²) in [6.45, 7) is 5.34. The summed E-state index contributed by atoms with van der Waals surface area (Å²) < 4.78 is 42.6. The minimum absolute atomic E-state index is 0.0201. The van der Waals surface area contributed by atoms with Gasteiger partial charge in [-0.05, 0) is 68.8 Å². The van der Waals surface area contributed by atoms with E-state index in [2.05, 4.69) is 25.6 Å². The molecule has 198 valence electrons. The first-order valence-electron chi connectivity index (χ1n) is 11.9. The number of carbonyl (C=O) groups is 1. The SMILES string of the molecule is Cc1cn(-c2cc(NC(=O)c3ccc(C)c(Nc4nc(-c5cccnc5)cs4)c3)cc(C(F)(F)F)c2)c(C)n1. The maximum atomic E-state index is 13.7. The number of alkyl halides is 3. The van der Waals surface area contributed by atoms with Gasteiger partial charge >= 0.3 is 6.18 Å². The number of pyridine rings is 1. The number of thiazole rings is 1. The number of aromatic nitrogens is 4. The Morgan fingerprint density at radius 3 is 2.54 bits per heavy atom. The number of amides is 1. The molecule has 2 aromatic carbocycles. The Bertz CT molecular complexity index is 1660. The van der Waals surface area contributed by atoms with Gasteiger partial charge in [0.1, 0.15) is 5.82 Å². The van der Waals surface area contributed by atoms with Gasteiger partial charge in [0.25, 0.3) is 5.91 Å². The van der Waals surface area contributed by atoms with E-state index >= 15 is 0 Å². The molecule has 0 unspecified atom stereocenters. The molecule has 0 saturated heterocycles. The maximum absolute atomic E-state index is 13.7. The molecule has 0 aliphatic carbocycles. The smallest absolute Gasteiger partial charge is 0.331 e. The van der Waals surface area contributed by atoms with Crippen LogP contribution in [0.2, 0.25) is 0 Å². The van der Waals surface area contributed by atoms with Gasteiger partial charge in [0, 0.05) is 52.2 Å². The van der Waals surface area contributed by atoms with Crippen LogP contribution >= 0.6 is 11.3 Å². The van der Waals surface area contributed by atoms with Crippen LogP contribution in [0.25, 0.3) is 16.9 Å². The number of aryl methyl sites for hydroxylation is 3. The minimum Gasteiger partial charge on any atom is -0.331 e. The van der Waals surface area contributed by atoms with Crippen LogP contribution in [0.15, 0.2) is 72.5 Å². The molecule has 39 heavy (non-hydrogen) atoms. The third-order valence-electron chi connectivity index (χ3n) is 5.99. The van der Waals surface area contributed by atoms with Crippen molar-refractivity contribution in [1.29, 1.82) is 0 Å². The summed E-state index contributed by atoms with van der Waals surface area (Å²) in [6.07, 6.45) is 0.466. The molecule has 0 radical (unpaired) electrons. The Hall–Kier alpha value is -4.51. The summed E-state index contributed by atoms with van der Waals surface area (Å²) in [7, 11) is 0. The van der Waals surface area contributed by atoms with Gasteiger partial charge in [-0.25, -0.2) is 9.97 Å². The van der Waals surface area contributed by atoms with Crippen molar-refractivity contribution in [2.45, 2.75) is 26.9 Å². The summed E-state index contributed by atoms with van der Waals surface area (Å²) in [6, 6.07) is 12.2. The lowest BCUT2D eigenvalue weighted by molar-refractivity contribution is -0.137. The van der Waals surface area contributed by atoms with E-state index in [9.17, 15) is 18.0 Å². The lowest BCUT2D eigenvalue weighted by atomic mass is 10.1. The zero-order valence-electron chi connectivity index (χ0n) is 21.2. The van der Waals surface area contributed by atoms with Crippen LogP contribution in [0.4, 0.5) is 29.7 Å². The molecule has 3 heterocycles. The first kappa shape index (κ1) is 26.1. The molecule has 1 amide bonds. The number of rotatable bonds is 6. The molecular weight excluding hydrogens is 525 g/mol. The third kappa shape index (κ3) is 5.83. The van der Waals surface area contributed by atoms with Crippen LogP contribution in [0.5, 0.6) is 0 Å². The van der Waals surface area contributed by atoms with E-state index in [0.717, 1.165) is 29.0 Å². The summed E-state index contributed by atoms with van der Waals surface area (Å²) in [5.74, 6) is -0.00994. The van der Waals surface area contributed by atoms with E-state index in [4.69, 9.17) is 0 Å². The largest absolute Gasteiger partial charge is 0.416 e. The second kappa shape index (κ2) is 10.3. The van der Waals surface area contributed by atoms with Crippen LogP contribution < -0.4 is 10.6 Å². The van der Waals surface area contributed by atoms with Crippen LogP contribution in [0, 0.1) is 20.8 Å².